The maximum Gasteiger partial charge on any atom is 0.266 e. The zero-order valence-electron chi connectivity index (χ0n) is 14.0. The number of hydrogen-bond acceptors (Lipinski definition) is 4. The molecule has 0 saturated heterocycles. The second-order valence-corrected chi connectivity index (χ2v) is 7.10. The number of rotatable bonds is 4. The summed E-state index contributed by atoms with van der Waals surface area (Å²) < 4.78 is 3.53. The molecule has 2 aromatic heterocycles. The first-order valence-electron chi connectivity index (χ1n) is 8.01. The Morgan fingerprint density at radius 1 is 1.12 bits per heavy atom. The van der Waals surface area contributed by atoms with E-state index in [0.717, 1.165) is 5.82 Å². The summed E-state index contributed by atoms with van der Waals surface area (Å²) in [4.78, 5) is 22.2. The molecule has 0 spiro atoms. The number of aryl methyl sites for hydroxylation is 1. The Balaban J connectivity index is 1.89. The molecule has 0 N–H and O–H groups in total. The third kappa shape index (κ3) is 3.02. The van der Waals surface area contributed by atoms with E-state index in [1.54, 1.807) is 22.9 Å². The van der Waals surface area contributed by atoms with E-state index in [9.17, 15) is 4.79 Å². The van der Waals surface area contributed by atoms with Crippen LogP contribution in [0.25, 0.3) is 16.6 Å². The molecule has 0 aliphatic rings. The monoisotopic (exact) mass is 382 g/mol. The summed E-state index contributed by atoms with van der Waals surface area (Å²) in [6, 6.07) is 14.6. The van der Waals surface area contributed by atoms with Crippen molar-refractivity contribution in [2.24, 2.45) is 7.05 Å². The van der Waals surface area contributed by atoms with Gasteiger partial charge in [-0.05, 0) is 24.3 Å². The predicted octanol–water partition coefficient (Wildman–Crippen LogP) is 4.06. The molecule has 2 aromatic carbocycles. The standard InChI is InChI=1S/C19H15ClN4OS/c1-23-11-10-21-17(23)12-26-19-22-15-8-4-2-6-13(15)18(25)24(19)16-9-5-3-7-14(16)20/h2-11H,12H2,1H3. The van der Waals surface area contributed by atoms with Crippen molar-refractivity contribution in [2.45, 2.75) is 10.9 Å². The second-order valence-electron chi connectivity index (χ2n) is 5.75. The molecule has 7 heteroatoms. The normalized spacial score (nSPS) is 11.2. The molecule has 0 radical (unpaired) electrons. The zero-order chi connectivity index (χ0) is 18.1. The second kappa shape index (κ2) is 6.97. The topological polar surface area (TPSA) is 52.7 Å². The van der Waals surface area contributed by atoms with Gasteiger partial charge >= 0.3 is 0 Å². The molecule has 26 heavy (non-hydrogen) atoms. The SMILES string of the molecule is Cn1ccnc1CSc1nc2ccccc2c(=O)n1-c1ccccc1Cl. The van der Waals surface area contributed by atoms with Gasteiger partial charge in [0.05, 0.1) is 27.4 Å². The van der Waals surface area contributed by atoms with E-state index in [2.05, 4.69) is 4.98 Å². The largest absolute Gasteiger partial charge is 0.337 e. The average molecular weight is 383 g/mol. The van der Waals surface area contributed by atoms with Gasteiger partial charge in [-0.3, -0.25) is 9.36 Å². The van der Waals surface area contributed by atoms with Crippen molar-refractivity contribution in [1.82, 2.24) is 19.1 Å². The summed E-state index contributed by atoms with van der Waals surface area (Å²) in [6.45, 7) is 0. The van der Waals surface area contributed by atoms with Gasteiger partial charge in [-0.15, -0.1) is 0 Å². The van der Waals surface area contributed by atoms with Crippen LogP contribution >= 0.6 is 23.4 Å². The summed E-state index contributed by atoms with van der Waals surface area (Å²) in [5, 5.41) is 1.66. The maximum atomic E-state index is 13.2. The van der Waals surface area contributed by atoms with Crippen LogP contribution in [0.15, 0.2) is 70.9 Å². The van der Waals surface area contributed by atoms with Gasteiger partial charge in [0.1, 0.15) is 5.82 Å². The highest BCUT2D eigenvalue weighted by Gasteiger charge is 2.15. The number of para-hydroxylation sites is 2. The lowest BCUT2D eigenvalue weighted by atomic mass is 10.2. The van der Waals surface area contributed by atoms with Crippen LogP contribution in [0.2, 0.25) is 5.02 Å². The number of fused-ring (bicyclic) bond motifs is 1. The van der Waals surface area contributed by atoms with Crippen molar-refractivity contribution in [1.29, 1.82) is 0 Å². The van der Waals surface area contributed by atoms with Gasteiger partial charge in [0.15, 0.2) is 5.16 Å². The van der Waals surface area contributed by atoms with E-state index in [1.807, 2.05) is 54.2 Å². The Morgan fingerprint density at radius 3 is 2.65 bits per heavy atom. The summed E-state index contributed by atoms with van der Waals surface area (Å²) in [5.41, 5.74) is 1.16. The third-order valence-corrected chi connectivity index (χ3v) is 5.34. The zero-order valence-corrected chi connectivity index (χ0v) is 15.5. The average Bonchev–Trinajstić information content (AvgIpc) is 3.06. The molecule has 0 fully saturated rings. The van der Waals surface area contributed by atoms with Gasteiger partial charge in [0.25, 0.3) is 5.56 Å². The molecule has 0 aliphatic carbocycles. The molecule has 0 aliphatic heterocycles. The van der Waals surface area contributed by atoms with E-state index < -0.39 is 0 Å². The van der Waals surface area contributed by atoms with Crippen LogP contribution in [0, 0.1) is 0 Å². The van der Waals surface area contributed by atoms with Crippen LogP contribution < -0.4 is 5.56 Å². The first-order valence-corrected chi connectivity index (χ1v) is 9.37. The van der Waals surface area contributed by atoms with Crippen LogP contribution in [0.1, 0.15) is 5.82 Å². The minimum Gasteiger partial charge on any atom is -0.337 e. The molecule has 130 valence electrons. The van der Waals surface area contributed by atoms with E-state index in [4.69, 9.17) is 16.6 Å². The van der Waals surface area contributed by atoms with Crippen molar-refractivity contribution in [3.05, 3.63) is 82.1 Å². The van der Waals surface area contributed by atoms with Gasteiger partial charge in [-0.2, -0.15) is 0 Å². The van der Waals surface area contributed by atoms with Crippen LogP contribution in [0.3, 0.4) is 0 Å². The van der Waals surface area contributed by atoms with Crippen molar-refractivity contribution in [3.63, 3.8) is 0 Å². The fraction of sp³-hybridized carbons (Fsp3) is 0.105. The molecule has 0 unspecified atom stereocenters. The lowest BCUT2D eigenvalue weighted by molar-refractivity contribution is 0.812. The summed E-state index contributed by atoms with van der Waals surface area (Å²) in [7, 11) is 1.94. The Labute approximate surface area is 159 Å². The lowest BCUT2D eigenvalue weighted by Gasteiger charge is -2.14. The van der Waals surface area contributed by atoms with Crippen LogP contribution in [0.4, 0.5) is 0 Å². The Morgan fingerprint density at radius 2 is 1.88 bits per heavy atom. The Bertz CT molecular complexity index is 1150. The molecule has 0 saturated carbocycles. The molecular weight excluding hydrogens is 368 g/mol. The molecule has 2 heterocycles. The minimum atomic E-state index is -0.133. The van der Waals surface area contributed by atoms with Gasteiger partial charge < -0.3 is 4.57 Å². The van der Waals surface area contributed by atoms with Crippen molar-refractivity contribution in [3.8, 4) is 5.69 Å². The Hall–Kier alpha value is -2.57. The quantitative estimate of drug-likeness (QED) is 0.394. The summed E-state index contributed by atoms with van der Waals surface area (Å²) in [5.74, 6) is 1.50. The maximum absolute atomic E-state index is 13.2. The number of imidazole rings is 1. The number of aromatic nitrogens is 4. The fourth-order valence-corrected chi connectivity index (χ4v) is 3.95. The third-order valence-electron chi connectivity index (χ3n) is 4.09. The predicted molar refractivity (Wildman–Crippen MR) is 105 cm³/mol. The van der Waals surface area contributed by atoms with E-state index >= 15 is 0 Å². The van der Waals surface area contributed by atoms with Crippen LogP contribution in [-0.2, 0) is 12.8 Å². The molecule has 0 amide bonds. The fourth-order valence-electron chi connectivity index (χ4n) is 2.72. The van der Waals surface area contributed by atoms with Crippen molar-refractivity contribution in [2.75, 3.05) is 0 Å². The van der Waals surface area contributed by atoms with Crippen LogP contribution in [-0.4, -0.2) is 19.1 Å². The van der Waals surface area contributed by atoms with Gasteiger partial charge in [-0.1, -0.05) is 47.6 Å². The highest BCUT2D eigenvalue weighted by Crippen LogP contribution is 2.27. The molecule has 0 atom stereocenters. The minimum absolute atomic E-state index is 0.133. The Kier molecular flexibility index (Phi) is 4.53. The highest BCUT2D eigenvalue weighted by atomic mass is 35.5. The number of halogens is 1. The molecule has 5 nitrogen and oxygen atoms in total. The van der Waals surface area contributed by atoms with Crippen molar-refractivity contribution >= 4 is 34.3 Å². The molecular formula is C19H15ClN4OS. The number of hydrogen-bond donors (Lipinski definition) is 0. The molecule has 4 rings (SSSR count). The lowest BCUT2D eigenvalue weighted by Crippen LogP contribution is -2.22. The number of nitrogens with zero attached hydrogens (tertiary/aromatic N) is 4. The van der Waals surface area contributed by atoms with E-state index in [1.165, 1.54) is 11.8 Å². The van der Waals surface area contributed by atoms with E-state index in [-0.39, 0.29) is 5.56 Å². The van der Waals surface area contributed by atoms with E-state index in [0.29, 0.717) is 32.5 Å². The summed E-state index contributed by atoms with van der Waals surface area (Å²) >= 11 is 7.83. The summed E-state index contributed by atoms with van der Waals surface area (Å²) in [6.07, 6.45) is 3.65. The molecule has 4 aromatic rings. The van der Waals surface area contributed by atoms with Crippen LogP contribution in [0.5, 0.6) is 0 Å². The smallest absolute Gasteiger partial charge is 0.266 e. The first kappa shape index (κ1) is 16.9. The number of benzene rings is 2. The van der Waals surface area contributed by atoms with Gasteiger partial charge in [-0.25, -0.2) is 9.97 Å². The van der Waals surface area contributed by atoms with Gasteiger partial charge in [0, 0.05) is 19.4 Å². The number of thioether (sulfide) groups is 1. The van der Waals surface area contributed by atoms with Gasteiger partial charge in [0.2, 0.25) is 0 Å². The highest BCUT2D eigenvalue weighted by molar-refractivity contribution is 7.98. The molecule has 0 bridgehead atoms. The first-order chi connectivity index (χ1) is 12.6. The van der Waals surface area contributed by atoms with Crippen molar-refractivity contribution < 1.29 is 0 Å².